The second-order valence-corrected chi connectivity index (χ2v) is 6.51. The number of benzene rings is 2. The number of esters is 1. The molecule has 0 radical (unpaired) electrons. The molecule has 1 unspecified atom stereocenters. The number of nitro groups is 1. The molecule has 3 rings (SSSR count). The van der Waals surface area contributed by atoms with Gasteiger partial charge in [0.15, 0.2) is 5.75 Å². The number of carbonyl (C=O) groups is 2. The van der Waals surface area contributed by atoms with Gasteiger partial charge in [-0.1, -0.05) is 30.3 Å². The molecular formula is C20H20N2O6. The van der Waals surface area contributed by atoms with Crippen molar-refractivity contribution in [3.8, 4) is 5.75 Å². The number of anilines is 1. The first kappa shape index (κ1) is 19.3. The van der Waals surface area contributed by atoms with E-state index in [0.717, 1.165) is 5.56 Å². The van der Waals surface area contributed by atoms with Crippen LogP contribution in [0.2, 0.25) is 0 Å². The molecular weight excluding hydrogens is 364 g/mol. The Morgan fingerprint density at radius 2 is 1.96 bits per heavy atom. The molecule has 0 aliphatic carbocycles. The van der Waals surface area contributed by atoms with Crippen LogP contribution in [-0.2, 0) is 14.3 Å². The first-order valence-electron chi connectivity index (χ1n) is 8.79. The Kier molecular flexibility index (Phi) is 5.58. The van der Waals surface area contributed by atoms with Crippen molar-refractivity contribution < 1.29 is 24.0 Å². The van der Waals surface area contributed by atoms with E-state index in [4.69, 9.17) is 9.47 Å². The molecule has 2 atom stereocenters. The molecule has 0 saturated carbocycles. The van der Waals surface area contributed by atoms with Crippen LogP contribution in [0, 0.1) is 16.0 Å². The predicted octanol–water partition coefficient (Wildman–Crippen LogP) is 3.26. The zero-order valence-corrected chi connectivity index (χ0v) is 15.5. The number of hydrogen-bond donors (Lipinski definition) is 0. The van der Waals surface area contributed by atoms with Gasteiger partial charge >= 0.3 is 11.7 Å². The van der Waals surface area contributed by atoms with Crippen molar-refractivity contribution in [2.24, 2.45) is 5.92 Å². The Hall–Kier alpha value is -3.42. The zero-order chi connectivity index (χ0) is 20.3. The smallest absolute Gasteiger partial charge is 0.312 e. The standard InChI is InChI=1S/C20H20N2O6/c1-13(14-6-4-3-5-7-14)28-20(24)15-10-19(23)21(12-15)16-8-9-18(27-2)17(11-16)22(25)26/h3-9,11,13,15H,10,12H2,1-2H3/t13?,15-/m1/s1. The summed E-state index contributed by atoms with van der Waals surface area (Å²) in [7, 11) is 1.34. The largest absolute Gasteiger partial charge is 0.490 e. The molecule has 0 N–H and O–H groups in total. The Bertz CT molecular complexity index is 899. The van der Waals surface area contributed by atoms with E-state index in [0.29, 0.717) is 5.69 Å². The Morgan fingerprint density at radius 3 is 2.61 bits per heavy atom. The number of nitro benzene ring substituents is 1. The third-order valence-electron chi connectivity index (χ3n) is 4.69. The summed E-state index contributed by atoms with van der Waals surface area (Å²) in [6.07, 6.45) is -0.430. The quantitative estimate of drug-likeness (QED) is 0.431. The number of nitrogens with zero attached hydrogens (tertiary/aromatic N) is 2. The van der Waals surface area contributed by atoms with Gasteiger partial charge < -0.3 is 14.4 Å². The van der Waals surface area contributed by atoms with Gasteiger partial charge in [0, 0.05) is 19.0 Å². The Morgan fingerprint density at radius 1 is 1.25 bits per heavy atom. The molecule has 2 aromatic carbocycles. The summed E-state index contributed by atoms with van der Waals surface area (Å²) in [4.78, 5) is 36.9. The van der Waals surface area contributed by atoms with Gasteiger partial charge in [0.05, 0.1) is 23.6 Å². The molecule has 146 valence electrons. The summed E-state index contributed by atoms with van der Waals surface area (Å²) in [6, 6.07) is 13.6. The highest BCUT2D eigenvalue weighted by atomic mass is 16.6. The van der Waals surface area contributed by atoms with E-state index in [2.05, 4.69) is 0 Å². The van der Waals surface area contributed by atoms with E-state index < -0.39 is 22.9 Å². The monoisotopic (exact) mass is 384 g/mol. The molecule has 0 bridgehead atoms. The van der Waals surface area contributed by atoms with Gasteiger partial charge in [0.2, 0.25) is 5.91 Å². The van der Waals surface area contributed by atoms with E-state index in [1.54, 1.807) is 13.0 Å². The van der Waals surface area contributed by atoms with Crippen molar-refractivity contribution in [3.05, 3.63) is 64.2 Å². The van der Waals surface area contributed by atoms with Crippen LogP contribution in [0.4, 0.5) is 11.4 Å². The number of hydrogen-bond acceptors (Lipinski definition) is 6. The normalized spacial score (nSPS) is 17.3. The third-order valence-corrected chi connectivity index (χ3v) is 4.69. The number of ether oxygens (including phenoxy) is 2. The average molecular weight is 384 g/mol. The average Bonchev–Trinajstić information content (AvgIpc) is 3.09. The number of amides is 1. The van der Waals surface area contributed by atoms with Gasteiger partial charge in [-0.15, -0.1) is 0 Å². The van der Waals surface area contributed by atoms with Crippen molar-refractivity contribution in [2.75, 3.05) is 18.6 Å². The minimum atomic E-state index is -0.625. The van der Waals surface area contributed by atoms with Crippen LogP contribution >= 0.6 is 0 Å². The summed E-state index contributed by atoms with van der Waals surface area (Å²) < 4.78 is 10.5. The summed E-state index contributed by atoms with van der Waals surface area (Å²) in [5, 5.41) is 11.2. The van der Waals surface area contributed by atoms with Crippen LogP contribution in [0.25, 0.3) is 0 Å². The van der Waals surface area contributed by atoms with Gasteiger partial charge in [-0.2, -0.15) is 0 Å². The van der Waals surface area contributed by atoms with Crippen LogP contribution < -0.4 is 9.64 Å². The van der Waals surface area contributed by atoms with Crippen LogP contribution in [0.3, 0.4) is 0 Å². The van der Waals surface area contributed by atoms with Crippen molar-refractivity contribution >= 4 is 23.3 Å². The number of carbonyl (C=O) groups excluding carboxylic acids is 2. The van der Waals surface area contributed by atoms with E-state index in [-0.39, 0.29) is 30.3 Å². The van der Waals surface area contributed by atoms with E-state index in [1.807, 2.05) is 30.3 Å². The van der Waals surface area contributed by atoms with E-state index in [9.17, 15) is 19.7 Å². The molecule has 1 fully saturated rings. The third kappa shape index (κ3) is 3.95. The van der Waals surface area contributed by atoms with E-state index in [1.165, 1.54) is 24.1 Å². The lowest BCUT2D eigenvalue weighted by Gasteiger charge is -2.18. The first-order chi connectivity index (χ1) is 13.4. The molecule has 8 heteroatoms. The highest BCUT2D eigenvalue weighted by molar-refractivity contribution is 5.99. The maximum atomic E-state index is 12.5. The summed E-state index contributed by atoms with van der Waals surface area (Å²) >= 11 is 0. The Labute approximate surface area is 161 Å². The zero-order valence-electron chi connectivity index (χ0n) is 15.5. The lowest BCUT2D eigenvalue weighted by Crippen LogP contribution is -2.26. The maximum absolute atomic E-state index is 12.5. The van der Waals surface area contributed by atoms with Gasteiger partial charge in [-0.25, -0.2) is 0 Å². The maximum Gasteiger partial charge on any atom is 0.312 e. The fourth-order valence-corrected chi connectivity index (χ4v) is 3.17. The van der Waals surface area contributed by atoms with Crippen LogP contribution in [0.15, 0.2) is 48.5 Å². The topological polar surface area (TPSA) is 99.0 Å². The number of methoxy groups -OCH3 is 1. The molecule has 28 heavy (non-hydrogen) atoms. The van der Waals surface area contributed by atoms with Gasteiger partial charge in [-0.3, -0.25) is 19.7 Å². The predicted molar refractivity (Wildman–Crippen MR) is 101 cm³/mol. The lowest BCUT2D eigenvalue weighted by molar-refractivity contribution is -0.385. The fraction of sp³-hybridized carbons (Fsp3) is 0.300. The van der Waals surface area contributed by atoms with E-state index >= 15 is 0 Å². The molecule has 1 heterocycles. The van der Waals surface area contributed by atoms with Crippen molar-refractivity contribution in [2.45, 2.75) is 19.4 Å². The van der Waals surface area contributed by atoms with Crippen molar-refractivity contribution in [3.63, 3.8) is 0 Å². The minimum Gasteiger partial charge on any atom is -0.490 e. The van der Waals surface area contributed by atoms with Crippen molar-refractivity contribution in [1.29, 1.82) is 0 Å². The summed E-state index contributed by atoms with van der Waals surface area (Å²) in [5.74, 6) is -1.27. The number of rotatable bonds is 6. The SMILES string of the molecule is COc1ccc(N2C[C@H](C(=O)OC(C)c3ccccc3)CC2=O)cc1[N+](=O)[O-]. The minimum absolute atomic E-state index is 0.000168. The van der Waals surface area contributed by atoms with Gasteiger partial charge in [0.1, 0.15) is 6.10 Å². The second-order valence-electron chi connectivity index (χ2n) is 6.51. The molecule has 1 aliphatic rings. The second kappa shape index (κ2) is 8.08. The van der Waals surface area contributed by atoms with Crippen LogP contribution in [0.1, 0.15) is 25.0 Å². The lowest BCUT2D eigenvalue weighted by atomic mass is 10.1. The van der Waals surface area contributed by atoms with Crippen LogP contribution in [0.5, 0.6) is 5.75 Å². The highest BCUT2D eigenvalue weighted by Gasteiger charge is 2.37. The Balaban J connectivity index is 1.72. The van der Waals surface area contributed by atoms with Crippen LogP contribution in [-0.4, -0.2) is 30.5 Å². The molecule has 1 saturated heterocycles. The van der Waals surface area contributed by atoms with Crippen molar-refractivity contribution in [1.82, 2.24) is 0 Å². The summed E-state index contributed by atoms with van der Waals surface area (Å²) in [6.45, 7) is 1.89. The highest BCUT2D eigenvalue weighted by Crippen LogP contribution is 2.34. The van der Waals surface area contributed by atoms with Gasteiger partial charge in [0.25, 0.3) is 0 Å². The molecule has 1 amide bonds. The molecule has 8 nitrogen and oxygen atoms in total. The molecule has 0 aromatic heterocycles. The molecule has 2 aromatic rings. The summed E-state index contributed by atoms with van der Waals surface area (Å²) in [5.41, 5.74) is 0.975. The van der Waals surface area contributed by atoms with Gasteiger partial charge in [-0.05, 0) is 24.6 Å². The molecule has 0 spiro atoms. The fourth-order valence-electron chi connectivity index (χ4n) is 3.17. The molecule has 1 aliphatic heterocycles. The first-order valence-corrected chi connectivity index (χ1v) is 8.79.